The summed E-state index contributed by atoms with van der Waals surface area (Å²) >= 11 is 0. The van der Waals surface area contributed by atoms with E-state index in [1.165, 1.54) is 4.31 Å². The zero-order valence-electron chi connectivity index (χ0n) is 14.4. The van der Waals surface area contributed by atoms with Crippen LogP contribution in [0.2, 0.25) is 0 Å². The molecule has 25 heavy (non-hydrogen) atoms. The number of nitrogens with zero attached hydrogens (tertiary/aromatic N) is 1. The van der Waals surface area contributed by atoms with Gasteiger partial charge in [0.1, 0.15) is 6.04 Å². The first-order valence-electron chi connectivity index (χ1n) is 8.38. The van der Waals surface area contributed by atoms with E-state index in [2.05, 4.69) is 5.32 Å². The Bertz CT molecular complexity index is 859. The molecule has 0 aromatic heterocycles. The molecule has 1 aliphatic heterocycles. The minimum atomic E-state index is -3.75. The van der Waals surface area contributed by atoms with Gasteiger partial charge in [-0.25, -0.2) is 8.42 Å². The molecule has 1 N–H and O–H groups in total. The smallest absolute Gasteiger partial charge is 0.244 e. The van der Waals surface area contributed by atoms with Gasteiger partial charge < -0.3 is 5.32 Å². The Balaban J connectivity index is 2.01. The van der Waals surface area contributed by atoms with Crippen LogP contribution in [0.4, 0.5) is 0 Å². The standard InChI is InChI=1S/C19H22N2O3S/c1-3-15-6-10-17(11-7-15)25(23,24)21-13-12-20-19(22)18(21)16-8-4-14(2)5-9-16/h4-11,18H,3,12-13H2,1-2H3,(H,20,22). The second-order valence-corrected chi connectivity index (χ2v) is 8.11. The molecule has 3 rings (SSSR count). The van der Waals surface area contributed by atoms with Gasteiger partial charge in [0, 0.05) is 13.1 Å². The maximum atomic E-state index is 13.1. The summed E-state index contributed by atoms with van der Waals surface area (Å²) in [7, 11) is -3.75. The Kier molecular flexibility index (Phi) is 4.92. The molecule has 1 aliphatic rings. The van der Waals surface area contributed by atoms with E-state index in [9.17, 15) is 13.2 Å². The predicted molar refractivity (Wildman–Crippen MR) is 96.6 cm³/mol. The average molecular weight is 358 g/mol. The van der Waals surface area contributed by atoms with Crippen LogP contribution in [0.1, 0.15) is 29.7 Å². The number of amides is 1. The number of sulfonamides is 1. The van der Waals surface area contributed by atoms with Gasteiger partial charge in [-0.1, -0.05) is 48.9 Å². The molecule has 132 valence electrons. The number of carbonyl (C=O) groups excluding carboxylic acids is 1. The SMILES string of the molecule is CCc1ccc(S(=O)(=O)N2CCNC(=O)C2c2ccc(C)cc2)cc1. The molecule has 1 saturated heterocycles. The monoisotopic (exact) mass is 358 g/mol. The highest BCUT2D eigenvalue weighted by Crippen LogP contribution is 2.30. The predicted octanol–water partition coefficient (Wildman–Crippen LogP) is 2.42. The van der Waals surface area contributed by atoms with E-state index < -0.39 is 16.1 Å². The average Bonchev–Trinajstić information content (AvgIpc) is 2.62. The minimum Gasteiger partial charge on any atom is -0.353 e. The van der Waals surface area contributed by atoms with Crippen LogP contribution in [0, 0.1) is 6.92 Å². The topological polar surface area (TPSA) is 66.5 Å². The minimum absolute atomic E-state index is 0.219. The van der Waals surface area contributed by atoms with Crippen molar-refractivity contribution >= 4 is 15.9 Å². The van der Waals surface area contributed by atoms with Gasteiger partial charge in [0.25, 0.3) is 0 Å². The third-order valence-corrected chi connectivity index (χ3v) is 6.38. The van der Waals surface area contributed by atoms with Crippen molar-refractivity contribution in [1.29, 1.82) is 0 Å². The molecule has 5 nitrogen and oxygen atoms in total. The first-order chi connectivity index (χ1) is 11.9. The van der Waals surface area contributed by atoms with Crippen molar-refractivity contribution in [2.24, 2.45) is 0 Å². The van der Waals surface area contributed by atoms with Crippen LogP contribution in [0.25, 0.3) is 0 Å². The molecule has 6 heteroatoms. The maximum Gasteiger partial charge on any atom is 0.244 e. The van der Waals surface area contributed by atoms with Gasteiger partial charge in [0.2, 0.25) is 15.9 Å². The van der Waals surface area contributed by atoms with Crippen LogP contribution in [0.3, 0.4) is 0 Å². The highest BCUT2D eigenvalue weighted by atomic mass is 32.2. The van der Waals surface area contributed by atoms with Crippen molar-refractivity contribution in [3.8, 4) is 0 Å². The number of aryl methyl sites for hydroxylation is 2. The summed E-state index contributed by atoms with van der Waals surface area (Å²) in [5.74, 6) is -0.288. The third-order valence-electron chi connectivity index (χ3n) is 4.50. The zero-order valence-corrected chi connectivity index (χ0v) is 15.2. The van der Waals surface area contributed by atoms with E-state index in [1.54, 1.807) is 12.1 Å². The first kappa shape index (κ1) is 17.6. The van der Waals surface area contributed by atoms with Crippen molar-refractivity contribution in [2.75, 3.05) is 13.1 Å². The Morgan fingerprint density at radius 2 is 1.72 bits per heavy atom. The lowest BCUT2D eigenvalue weighted by molar-refractivity contribution is -0.126. The highest BCUT2D eigenvalue weighted by Gasteiger charge is 2.39. The van der Waals surface area contributed by atoms with Crippen molar-refractivity contribution in [1.82, 2.24) is 9.62 Å². The summed E-state index contributed by atoms with van der Waals surface area (Å²) in [6.07, 6.45) is 0.846. The summed E-state index contributed by atoms with van der Waals surface area (Å²) in [5, 5.41) is 2.77. The second-order valence-electron chi connectivity index (χ2n) is 6.22. The first-order valence-corrected chi connectivity index (χ1v) is 9.82. The lowest BCUT2D eigenvalue weighted by Crippen LogP contribution is -2.52. The van der Waals surface area contributed by atoms with Gasteiger partial charge in [-0.05, 0) is 36.6 Å². The Labute approximate surface area is 148 Å². The van der Waals surface area contributed by atoms with Crippen molar-refractivity contribution in [3.63, 3.8) is 0 Å². The molecule has 2 aromatic carbocycles. The highest BCUT2D eigenvalue weighted by molar-refractivity contribution is 7.89. The normalized spacial score (nSPS) is 18.8. The molecule has 1 atom stereocenters. The van der Waals surface area contributed by atoms with E-state index >= 15 is 0 Å². The summed E-state index contributed by atoms with van der Waals surface area (Å²) in [5.41, 5.74) is 2.81. The van der Waals surface area contributed by atoms with Crippen molar-refractivity contribution in [2.45, 2.75) is 31.2 Å². The van der Waals surface area contributed by atoms with E-state index in [-0.39, 0.29) is 17.3 Å². The summed E-state index contributed by atoms with van der Waals surface area (Å²) < 4.78 is 27.6. The van der Waals surface area contributed by atoms with Crippen LogP contribution in [-0.4, -0.2) is 31.7 Å². The molecule has 0 spiro atoms. The number of rotatable bonds is 4. The zero-order chi connectivity index (χ0) is 18.0. The van der Waals surface area contributed by atoms with Crippen LogP contribution >= 0.6 is 0 Å². The lowest BCUT2D eigenvalue weighted by atomic mass is 10.0. The fraction of sp³-hybridized carbons (Fsp3) is 0.316. The molecule has 0 aliphatic carbocycles. The molecule has 1 heterocycles. The Morgan fingerprint density at radius 3 is 2.32 bits per heavy atom. The third kappa shape index (κ3) is 3.45. The fourth-order valence-electron chi connectivity index (χ4n) is 3.00. The van der Waals surface area contributed by atoms with E-state index in [1.807, 2.05) is 50.2 Å². The molecule has 0 bridgehead atoms. The van der Waals surface area contributed by atoms with Gasteiger partial charge in [-0.15, -0.1) is 0 Å². The van der Waals surface area contributed by atoms with E-state index in [0.717, 1.165) is 17.5 Å². The number of hydrogen-bond donors (Lipinski definition) is 1. The molecule has 0 radical (unpaired) electrons. The van der Waals surface area contributed by atoms with Crippen molar-refractivity contribution in [3.05, 3.63) is 65.2 Å². The summed E-state index contributed by atoms with van der Waals surface area (Å²) in [6.45, 7) is 4.54. The van der Waals surface area contributed by atoms with Crippen LogP contribution in [0.15, 0.2) is 53.4 Å². The number of carbonyl (C=O) groups is 1. The molecule has 0 saturated carbocycles. The van der Waals surface area contributed by atoms with Gasteiger partial charge in [0.15, 0.2) is 0 Å². The Morgan fingerprint density at radius 1 is 1.08 bits per heavy atom. The van der Waals surface area contributed by atoms with Gasteiger partial charge in [-0.2, -0.15) is 4.31 Å². The number of hydrogen-bond acceptors (Lipinski definition) is 3. The molecule has 1 unspecified atom stereocenters. The summed E-state index contributed by atoms with van der Waals surface area (Å²) in [6, 6.07) is 13.4. The summed E-state index contributed by atoms with van der Waals surface area (Å²) in [4.78, 5) is 12.7. The molecule has 2 aromatic rings. The van der Waals surface area contributed by atoms with Crippen molar-refractivity contribution < 1.29 is 13.2 Å². The largest absolute Gasteiger partial charge is 0.353 e. The molecule has 1 fully saturated rings. The second kappa shape index (κ2) is 6.98. The molecular formula is C19H22N2O3S. The number of nitrogens with one attached hydrogen (secondary N) is 1. The van der Waals surface area contributed by atoms with Gasteiger partial charge in [0.05, 0.1) is 4.90 Å². The van der Waals surface area contributed by atoms with E-state index in [4.69, 9.17) is 0 Å². The number of benzene rings is 2. The molecular weight excluding hydrogens is 336 g/mol. The number of piperazine rings is 1. The van der Waals surface area contributed by atoms with Gasteiger partial charge in [-0.3, -0.25) is 4.79 Å². The Hall–Kier alpha value is -2.18. The van der Waals surface area contributed by atoms with Crippen LogP contribution < -0.4 is 5.32 Å². The molecule has 1 amide bonds. The maximum absolute atomic E-state index is 13.1. The van der Waals surface area contributed by atoms with Crippen LogP contribution in [-0.2, 0) is 21.2 Å². The van der Waals surface area contributed by atoms with E-state index in [0.29, 0.717) is 12.1 Å². The van der Waals surface area contributed by atoms with Gasteiger partial charge >= 0.3 is 0 Å². The van der Waals surface area contributed by atoms with Crippen LogP contribution in [0.5, 0.6) is 0 Å². The lowest BCUT2D eigenvalue weighted by Gasteiger charge is -2.34. The fourth-order valence-corrected chi connectivity index (χ4v) is 4.58. The quantitative estimate of drug-likeness (QED) is 0.913.